The van der Waals surface area contributed by atoms with Crippen LogP contribution in [0.1, 0.15) is 5.56 Å². The summed E-state index contributed by atoms with van der Waals surface area (Å²) in [5.41, 5.74) is 2.01. The summed E-state index contributed by atoms with van der Waals surface area (Å²) in [6.45, 7) is 2.82. The Morgan fingerprint density at radius 1 is 1.13 bits per heavy atom. The zero-order chi connectivity index (χ0) is 21.3. The standard InChI is InChI=1S/C20H21N3O6S/c1-14-4-2-3-5-16(14)21-19(24)13-23-17-7-6-15(12-18(17)29-20(23)25)30(26,27)22-8-10-28-11-9-22/h2-7,12H,8-11,13H2,1H3,(H,21,24). The molecule has 4 rings (SSSR count). The van der Waals surface area contributed by atoms with Gasteiger partial charge in [0.2, 0.25) is 15.9 Å². The summed E-state index contributed by atoms with van der Waals surface area (Å²) in [5, 5.41) is 2.76. The number of aromatic nitrogens is 1. The van der Waals surface area contributed by atoms with Crippen molar-refractivity contribution in [1.82, 2.24) is 8.87 Å². The largest absolute Gasteiger partial charge is 0.420 e. The molecule has 0 aliphatic carbocycles. The van der Waals surface area contributed by atoms with Crippen LogP contribution in [0.4, 0.5) is 5.69 Å². The van der Waals surface area contributed by atoms with Crippen LogP contribution in [0.3, 0.4) is 0 Å². The van der Waals surface area contributed by atoms with Crippen LogP contribution in [0.2, 0.25) is 0 Å². The van der Waals surface area contributed by atoms with Crippen LogP contribution >= 0.6 is 0 Å². The van der Waals surface area contributed by atoms with Crippen molar-refractivity contribution >= 4 is 32.7 Å². The number of hydrogen-bond donors (Lipinski definition) is 1. The zero-order valence-corrected chi connectivity index (χ0v) is 17.1. The van der Waals surface area contributed by atoms with Gasteiger partial charge in [-0.05, 0) is 30.7 Å². The number of nitrogens with zero attached hydrogens (tertiary/aromatic N) is 2. The van der Waals surface area contributed by atoms with E-state index in [4.69, 9.17) is 9.15 Å². The molecule has 30 heavy (non-hydrogen) atoms. The van der Waals surface area contributed by atoms with Crippen LogP contribution in [0.15, 0.2) is 56.6 Å². The fourth-order valence-electron chi connectivity index (χ4n) is 3.34. The van der Waals surface area contributed by atoms with Crippen LogP contribution in [0.25, 0.3) is 11.1 Å². The summed E-state index contributed by atoms with van der Waals surface area (Å²) < 4.78 is 38.6. The molecule has 1 aliphatic rings. The molecular formula is C20H21N3O6S. The number of carbonyl (C=O) groups excluding carboxylic acids is 1. The number of carbonyl (C=O) groups is 1. The van der Waals surface area contributed by atoms with E-state index >= 15 is 0 Å². The predicted octanol–water partition coefficient (Wildman–Crippen LogP) is 1.56. The molecule has 1 N–H and O–H groups in total. The van der Waals surface area contributed by atoms with Gasteiger partial charge in [0, 0.05) is 24.8 Å². The smallest absolute Gasteiger partial charge is 0.408 e. The van der Waals surface area contributed by atoms with Crippen molar-refractivity contribution in [3.8, 4) is 0 Å². The number of nitrogens with one attached hydrogen (secondary N) is 1. The Morgan fingerprint density at radius 3 is 2.60 bits per heavy atom. The summed E-state index contributed by atoms with van der Waals surface area (Å²) >= 11 is 0. The van der Waals surface area contributed by atoms with Gasteiger partial charge in [0.05, 0.1) is 23.6 Å². The van der Waals surface area contributed by atoms with Crippen molar-refractivity contribution in [1.29, 1.82) is 0 Å². The SMILES string of the molecule is Cc1ccccc1NC(=O)Cn1c(=O)oc2cc(S(=O)(=O)N3CCOCC3)ccc21. The molecule has 1 aliphatic heterocycles. The molecule has 0 radical (unpaired) electrons. The van der Waals surface area contributed by atoms with Gasteiger partial charge in [-0.25, -0.2) is 13.2 Å². The van der Waals surface area contributed by atoms with Gasteiger partial charge >= 0.3 is 5.76 Å². The highest BCUT2D eigenvalue weighted by Gasteiger charge is 2.27. The van der Waals surface area contributed by atoms with Crippen molar-refractivity contribution in [2.45, 2.75) is 18.4 Å². The first-order valence-corrected chi connectivity index (χ1v) is 10.9. The highest BCUT2D eigenvalue weighted by Crippen LogP contribution is 2.22. The van der Waals surface area contributed by atoms with Gasteiger partial charge in [-0.15, -0.1) is 0 Å². The van der Waals surface area contributed by atoms with Gasteiger partial charge in [-0.1, -0.05) is 18.2 Å². The van der Waals surface area contributed by atoms with Crippen molar-refractivity contribution in [3.63, 3.8) is 0 Å². The number of fused-ring (bicyclic) bond motifs is 1. The average Bonchev–Trinajstić information content (AvgIpc) is 3.04. The Kier molecular flexibility index (Phi) is 5.46. The highest BCUT2D eigenvalue weighted by molar-refractivity contribution is 7.89. The molecule has 10 heteroatoms. The molecule has 2 aromatic carbocycles. The second-order valence-electron chi connectivity index (χ2n) is 6.96. The molecular weight excluding hydrogens is 410 g/mol. The lowest BCUT2D eigenvalue weighted by Gasteiger charge is -2.25. The van der Waals surface area contributed by atoms with Crippen LogP contribution in [0, 0.1) is 6.92 Å². The van der Waals surface area contributed by atoms with Gasteiger partial charge in [-0.3, -0.25) is 9.36 Å². The van der Waals surface area contributed by atoms with Gasteiger partial charge in [0.1, 0.15) is 6.54 Å². The third-order valence-electron chi connectivity index (χ3n) is 4.97. The van der Waals surface area contributed by atoms with Crippen molar-refractivity contribution in [2.75, 3.05) is 31.6 Å². The predicted molar refractivity (Wildman–Crippen MR) is 110 cm³/mol. The molecule has 0 spiro atoms. The molecule has 1 amide bonds. The van der Waals surface area contributed by atoms with E-state index in [0.29, 0.717) is 24.4 Å². The molecule has 0 atom stereocenters. The number of aryl methyl sites for hydroxylation is 1. The topological polar surface area (TPSA) is 111 Å². The number of sulfonamides is 1. The molecule has 2 heterocycles. The number of rotatable bonds is 5. The molecule has 1 saturated heterocycles. The van der Waals surface area contributed by atoms with Gasteiger partial charge in [-0.2, -0.15) is 4.31 Å². The monoisotopic (exact) mass is 431 g/mol. The number of anilines is 1. The Morgan fingerprint density at radius 2 is 1.87 bits per heavy atom. The van der Waals surface area contributed by atoms with Crippen LogP contribution < -0.4 is 11.1 Å². The summed E-state index contributed by atoms with van der Waals surface area (Å²) in [6, 6.07) is 11.5. The van der Waals surface area contributed by atoms with E-state index in [1.807, 2.05) is 19.1 Å². The number of ether oxygens (including phenoxy) is 1. The molecule has 0 saturated carbocycles. The van der Waals surface area contributed by atoms with Crippen LogP contribution in [0.5, 0.6) is 0 Å². The normalized spacial score (nSPS) is 15.4. The van der Waals surface area contributed by atoms with Crippen molar-refractivity contribution in [3.05, 3.63) is 58.6 Å². The summed E-state index contributed by atoms with van der Waals surface area (Å²) in [6.07, 6.45) is 0. The maximum atomic E-state index is 12.8. The van der Waals surface area contributed by atoms with E-state index in [1.165, 1.54) is 27.1 Å². The van der Waals surface area contributed by atoms with Crippen LogP contribution in [-0.2, 0) is 26.1 Å². The highest BCUT2D eigenvalue weighted by atomic mass is 32.2. The first-order chi connectivity index (χ1) is 14.4. The maximum Gasteiger partial charge on any atom is 0.420 e. The van der Waals surface area contributed by atoms with Gasteiger partial charge in [0.15, 0.2) is 5.58 Å². The quantitative estimate of drug-likeness (QED) is 0.656. The first kappa shape index (κ1) is 20.3. The molecule has 9 nitrogen and oxygen atoms in total. The minimum absolute atomic E-state index is 0.0298. The Hall–Kier alpha value is -2.95. The number of morpholine rings is 1. The molecule has 0 bridgehead atoms. The Bertz CT molecular complexity index is 1260. The minimum atomic E-state index is -3.72. The summed E-state index contributed by atoms with van der Waals surface area (Å²) in [5.74, 6) is -1.12. The lowest BCUT2D eigenvalue weighted by molar-refractivity contribution is -0.116. The molecule has 158 valence electrons. The average molecular weight is 431 g/mol. The summed E-state index contributed by atoms with van der Waals surface area (Å²) in [4.78, 5) is 24.8. The number of oxazole rings is 1. The second-order valence-corrected chi connectivity index (χ2v) is 8.90. The number of hydrogen-bond acceptors (Lipinski definition) is 6. The molecule has 1 fully saturated rings. The van der Waals surface area contributed by atoms with E-state index in [9.17, 15) is 18.0 Å². The third kappa shape index (κ3) is 3.89. The van der Waals surface area contributed by atoms with Crippen molar-refractivity contribution < 1.29 is 22.4 Å². The third-order valence-corrected chi connectivity index (χ3v) is 6.86. The minimum Gasteiger partial charge on any atom is -0.408 e. The van der Waals surface area contributed by atoms with E-state index in [1.54, 1.807) is 12.1 Å². The van der Waals surface area contributed by atoms with E-state index in [-0.39, 0.29) is 36.0 Å². The first-order valence-electron chi connectivity index (χ1n) is 9.43. The van der Waals surface area contributed by atoms with Crippen LogP contribution in [-0.4, -0.2) is 49.5 Å². The molecule has 3 aromatic rings. The van der Waals surface area contributed by atoms with Crippen molar-refractivity contribution in [2.24, 2.45) is 0 Å². The number of amides is 1. The second kappa shape index (κ2) is 8.05. The van der Waals surface area contributed by atoms with E-state index in [0.717, 1.165) is 5.56 Å². The fraction of sp³-hybridized carbons (Fsp3) is 0.300. The summed E-state index contributed by atoms with van der Waals surface area (Å²) in [7, 11) is -3.72. The Labute approximate surface area is 172 Å². The molecule has 1 aromatic heterocycles. The van der Waals surface area contributed by atoms with E-state index in [2.05, 4.69) is 5.32 Å². The zero-order valence-electron chi connectivity index (χ0n) is 16.3. The number of benzene rings is 2. The fourth-order valence-corrected chi connectivity index (χ4v) is 4.76. The Balaban J connectivity index is 1.60. The molecule has 0 unspecified atom stereocenters. The lowest BCUT2D eigenvalue weighted by Crippen LogP contribution is -2.40. The van der Waals surface area contributed by atoms with E-state index < -0.39 is 15.8 Å². The maximum absolute atomic E-state index is 12.8. The number of para-hydroxylation sites is 1. The van der Waals surface area contributed by atoms with Gasteiger partial charge in [0.25, 0.3) is 0 Å². The van der Waals surface area contributed by atoms with Gasteiger partial charge < -0.3 is 14.5 Å². The lowest BCUT2D eigenvalue weighted by atomic mass is 10.2.